The van der Waals surface area contributed by atoms with E-state index in [1.54, 1.807) is 44.9 Å². The van der Waals surface area contributed by atoms with Crippen LogP contribution in [0.3, 0.4) is 0 Å². The maximum atomic E-state index is 13.7. The number of carbonyl (C=O) groups excluding carboxylic acids is 2. The molecule has 2 amide bonds. The monoisotopic (exact) mass is 485 g/mol. The van der Waals surface area contributed by atoms with Crippen molar-refractivity contribution in [1.29, 1.82) is 0 Å². The van der Waals surface area contributed by atoms with Gasteiger partial charge in [-0.15, -0.1) is 0 Å². The van der Waals surface area contributed by atoms with E-state index in [-0.39, 0.29) is 11.8 Å². The Morgan fingerprint density at radius 2 is 1.76 bits per heavy atom. The Hall–Kier alpha value is -3.23. The van der Waals surface area contributed by atoms with Crippen molar-refractivity contribution < 1.29 is 14.0 Å². The smallest absolute Gasteiger partial charge is 0.289 e. The summed E-state index contributed by atoms with van der Waals surface area (Å²) in [6.07, 6.45) is 3.16. The molecule has 1 unspecified atom stereocenters. The summed E-state index contributed by atoms with van der Waals surface area (Å²) in [5.41, 5.74) is 2.14. The molecule has 0 spiro atoms. The number of rotatable bonds is 3. The molecule has 1 saturated heterocycles. The van der Waals surface area contributed by atoms with E-state index in [4.69, 9.17) is 27.6 Å². The first-order valence-corrected chi connectivity index (χ1v) is 11.3. The van der Waals surface area contributed by atoms with Gasteiger partial charge in [0, 0.05) is 37.9 Å². The Bertz CT molecular complexity index is 1240. The van der Waals surface area contributed by atoms with Crippen LogP contribution in [0.2, 0.25) is 10.0 Å². The van der Waals surface area contributed by atoms with Crippen LogP contribution < -0.4 is 5.32 Å². The van der Waals surface area contributed by atoms with E-state index in [1.165, 1.54) is 6.26 Å². The van der Waals surface area contributed by atoms with E-state index in [0.717, 1.165) is 17.1 Å². The molecule has 2 aliphatic rings. The lowest BCUT2D eigenvalue weighted by Gasteiger charge is -2.37. The number of hydrogen-bond acceptors (Lipinski definition) is 5. The molecule has 4 heterocycles. The molecule has 0 aliphatic carbocycles. The van der Waals surface area contributed by atoms with Crippen molar-refractivity contribution in [3.05, 3.63) is 81.5 Å². The van der Waals surface area contributed by atoms with Crippen molar-refractivity contribution in [3.63, 3.8) is 0 Å². The lowest BCUT2D eigenvalue weighted by Crippen LogP contribution is -2.51. The van der Waals surface area contributed by atoms with E-state index in [1.807, 2.05) is 19.1 Å². The van der Waals surface area contributed by atoms with Crippen molar-refractivity contribution >= 4 is 40.8 Å². The number of piperazine rings is 1. The van der Waals surface area contributed by atoms with Gasteiger partial charge >= 0.3 is 0 Å². The number of amides is 2. The second-order valence-corrected chi connectivity index (χ2v) is 8.78. The molecule has 2 aliphatic heterocycles. The van der Waals surface area contributed by atoms with Crippen molar-refractivity contribution in [1.82, 2.24) is 19.6 Å². The molecule has 1 atom stereocenters. The molecule has 1 N–H and O–H groups in total. The second-order valence-electron chi connectivity index (χ2n) is 7.96. The van der Waals surface area contributed by atoms with Crippen LogP contribution in [0.4, 0.5) is 5.82 Å². The van der Waals surface area contributed by atoms with Gasteiger partial charge in [0.1, 0.15) is 11.9 Å². The first-order valence-electron chi connectivity index (χ1n) is 10.5. The number of fused-ring (bicyclic) bond motifs is 1. The summed E-state index contributed by atoms with van der Waals surface area (Å²) in [5.74, 6) is 0.809. The van der Waals surface area contributed by atoms with Crippen LogP contribution >= 0.6 is 23.2 Å². The van der Waals surface area contributed by atoms with Gasteiger partial charge in [0.2, 0.25) is 0 Å². The molecule has 0 radical (unpaired) electrons. The predicted octanol–water partition coefficient (Wildman–Crippen LogP) is 4.06. The molecule has 1 fully saturated rings. The van der Waals surface area contributed by atoms with Crippen molar-refractivity contribution in [3.8, 4) is 0 Å². The highest BCUT2D eigenvalue weighted by atomic mass is 35.5. The Morgan fingerprint density at radius 3 is 2.42 bits per heavy atom. The Balaban J connectivity index is 1.41. The van der Waals surface area contributed by atoms with Crippen molar-refractivity contribution in [2.45, 2.75) is 13.0 Å². The third-order valence-electron chi connectivity index (χ3n) is 5.98. The summed E-state index contributed by atoms with van der Waals surface area (Å²) in [4.78, 5) is 29.8. The average molecular weight is 486 g/mol. The molecule has 5 rings (SSSR count). The summed E-state index contributed by atoms with van der Waals surface area (Å²) in [5, 5.41) is 8.59. The fraction of sp³-hybridized carbons (Fsp3) is 0.261. The molecule has 3 aromatic rings. The zero-order chi connectivity index (χ0) is 23.1. The summed E-state index contributed by atoms with van der Waals surface area (Å²) in [7, 11) is 0. The van der Waals surface area contributed by atoms with E-state index in [0.29, 0.717) is 47.6 Å². The first kappa shape index (κ1) is 21.6. The number of halogens is 2. The fourth-order valence-corrected chi connectivity index (χ4v) is 4.62. The fourth-order valence-electron chi connectivity index (χ4n) is 4.31. The average Bonchev–Trinajstić information content (AvgIpc) is 3.51. The zero-order valence-corrected chi connectivity index (χ0v) is 19.3. The third kappa shape index (κ3) is 3.89. The van der Waals surface area contributed by atoms with E-state index >= 15 is 0 Å². The SMILES string of the molecule is CC1=C(C(=O)N2CCN(C(=O)c3ccco3)CC2)C(c2ccc(Cl)c(Cl)c2)n2nccc2N1. The van der Waals surface area contributed by atoms with Crippen LogP contribution in [0.15, 0.2) is 64.5 Å². The number of nitrogens with zero attached hydrogens (tertiary/aromatic N) is 4. The molecule has 0 bridgehead atoms. The topological polar surface area (TPSA) is 83.6 Å². The quantitative estimate of drug-likeness (QED) is 0.604. The standard InChI is InChI=1S/C23H21Cl2N5O3/c1-14-20(23(32)29-10-8-28(9-11-29)22(31)18-3-2-12-33-18)21(30-19(27-14)6-7-26-30)15-4-5-16(24)17(25)13-15/h2-7,12-13,21,27H,8-11H2,1H3. The maximum absolute atomic E-state index is 13.7. The van der Waals surface area contributed by atoms with Gasteiger partial charge in [0.15, 0.2) is 5.76 Å². The number of carbonyl (C=O) groups is 2. The van der Waals surface area contributed by atoms with Crippen LogP contribution in [0, 0.1) is 0 Å². The second kappa shape index (κ2) is 8.61. The van der Waals surface area contributed by atoms with E-state index < -0.39 is 6.04 Å². The lowest BCUT2D eigenvalue weighted by molar-refractivity contribution is -0.129. The highest BCUT2D eigenvalue weighted by molar-refractivity contribution is 6.42. The van der Waals surface area contributed by atoms with Gasteiger partial charge in [-0.2, -0.15) is 5.10 Å². The normalized spacial score (nSPS) is 18.2. The molecular formula is C23H21Cl2N5O3. The molecule has 10 heteroatoms. The lowest BCUT2D eigenvalue weighted by atomic mass is 9.94. The number of furan rings is 1. The minimum Gasteiger partial charge on any atom is -0.459 e. The Labute approximate surface area is 200 Å². The van der Waals surface area contributed by atoms with Gasteiger partial charge in [0.25, 0.3) is 11.8 Å². The molecule has 1 aromatic carbocycles. The highest BCUT2D eigenvalue weighted by Gasteiger charge is 2.36. The van der Waals surface area contributed by atoms with Crippen molar-refractivity contribution in [2.75, 3.05) is 31.5 Å². The minimum atomic E-state index is -0.457. The van der Waals surface area contributed by atoms with Gasteiger partial charge in [-0.25, -0.2) is 4.68 Å². The van der Waals surface area contributed by atoms with Gasteiger partial charge < -0.3 is 19.5 Å². The molecule has 2 aromatic heterocycles. The van der Waals surface area contributed by atoms with Crippen LogP contribution in [-0.2, 0) is 4.79 Å². The molecular weight excluding hydrogens is 465 g/mol. The summed E-state index contributed by atoms with van der Waals surface area (Å²) >= 11 is 12.4. The van der Waals surface area contributed by atoms with Crippen LogP contribution in [0.1, 0.15) is 29.1 Å². The first-order chi connectivity index (χ1) is 15.9. The maximum Gasteiger partial charge on any atom is 0.289 e. The Morgan fingerprint density at radius 1 is 1.03 bits per heavy atom. The summed E-state index contributed by atoms with van der Waals surface area (Å²) in [6.45, 7) is 3.57. The van der Waals surface area contributed by atoms with Gasteiger partial charge in [0.05, 0.1) is 28.1 Å². The Kier molecular flexibility index (Phi) is 5.64. The highest BCUT2D eigenvalue weighted by Crippen LogP contribution is 2.38. The number of allylic oxidation sites excluding steroid dienone is 1. The number of aromatic nitrogens is 2. The number of benzene rings is 1. The van der Waals surface area contributed by atoms with Crippen LogP contribution in [0.25, 0.3) is 0 Å². The zero-order valence-electron chi connectivity index (χ0n) is 17.8. The number of nitrogens with one attached hydrogen (secondary N) is 1. The van der Waals surface area contributed by atoms with Gasteiger partial charge in [-0.3, -0.25) is 9.59 Å². The van der Waals surface area contributed by atoms with E-state index in [2.05, 4.69) is 10.4 Å². The summed E-state index contributed by atoms with van der Waals surface area (Å²) in [6, 6.07) is 10.1. The van der Waals surface area contributed by atoms with Crippen LogP contribution in [-0.4, -0.2) is 57.6 Å². The number of anilines is 1. The molecule has 170 valence electrons. The van der Waals surface area contributed by atoms with E-state index in [9.17, 15) is 9.59 Å². The molecule has 0 saturated carbocycles. The third-order valence-corrected chi connectivity index (χ3v) is 6.72. The largest absolute Gasteiger partial charge is 0.459 e. The molecule has 8 nitrogen and oxygen atoms in total. The summed E-state index contributed by atoms with van der Waals surface area (Å²) < 4.78 is 7.00. The predicted molar refractivity (Wildman–Crippen MR) is 124 cm³/mol. The van der Waals surface area contributed by atoms with Crippen LogP contribution in [0.5, 0.6) is 0 Å². The van der Waals surface area contributed by atoms with Gasteiger partial charge in [-0.05, 0) is 36.8 Å². The number of hydrogen-bond donors (Lipinski definition) is 1. The minimum absolute atomic E-state index is 0.109. The molecule has 33 heavy (non-hydrogen) atoms. The van der Waals surface area contributed by atoms with Crippen molar-refractivity contribution in [2.24, 2.45) is 0 Å². The van der Waals surface area contributed by atoms with Gasteiger partial charge in [-0.1, -0.05) is 29.3 Å².